The predicted molar refractivity (Wildman–Crippen MR) is 110 cm³/mol. The molecule has 0 aliphatic heterocycles. The lowest BCUT2D eigenvalue weighted by Gasteiger charge is -2.42. The molecule has 1 amide bonds. The van der Waals surface area contributed by atoms with Crippen molar-refractivity contribution in [2.45, 2.75) is 44.9 Å². The van der Waals surface area contributed by atoms with Crippen molar-refractivity contribution in [2.24, 2.45) is 0 Å². The highest BCUT2D eigenvalue weighted by atomic mass is 16.1. The van der Waals surface area contributed by atoms with Crippen LogP contribution in [0.3, 0.4) is 0 Å². The Bertz CT molecular complexity index is 974. The number of para-hydroxylation sites is 1. The van der Waals surface area contributed by atoms with Crippen LogP contribution in [0, 0.1) is 13.8 Å². The Morgan fingerprint density at radius 1 is 1.04 bits per heavy atom. The first-order valence-corrected chi connectivity index (χ1v) is 9.76. The zero-order valence-corrected chi connectivity index (χ0v) is 16.1. The summed E-state index contributed by atoms with van der Waals surface area (Å²) in [5, 5.41) is 4.34. The van der Waals surface area contributed by atoms with Gasteiger partial charge in [0.25, 0.3) is 0 Å². The zero-order chi connectivity index (χ0) is 18.9. The molecule has 1 aliphatic rings. The maximum atomic E-state index is 12.7. The molecule has 0 bridgehead atoms. The standard InChI is InChI=1S/C24H26N2O/c1-17-20-11-6-7-12-22(20)26-18(2)21(17)15-23(27)25-16-24(13-8-14-24)19-9-4-3-5-10-19/h3-7,9-12H,8,13-16H2,1-2H3,(H,25,27). The van der Waals surface area contributed by atoms with E-state index in [2.05, 4.69) is 42.6 Å². The van der Waals surface area contributed by atoms with Gasteiger partial charge in [-0.2, -0.15) is 0 Å². The molecule has 138 valence electrons. The van der Waals surface area contributed by atoms with Gasteiger partial charge in [-0.05, 0) is 49.4 Å². The fourth-order valence-corrected chi connectivity index (χ4v) is 4.28. The Kier molecular flexibility index (Phi) is 4.69. The van der Waals surface area contributed by atoms with E-state index in [1.54, 1.807) is 0 Å². The molecule has 3 aromatic rings. The number of hydrogen-bond donors (Lipinski definition) is 1. The van der Waals surface area contributed by atoms with Gasteiger partial charge in [0.1, 0.15) is 0 Å². The molecule has 1 fully saturated rings. The van der Waals surface area contributed by atoms with E-state index >= 15 is 0 Å². The Morgan fingerprint density at radius 2 is 1.74 bits per heavy atom. The third-order valence-corrected chi connectivity index (χ3v) is 6.14. The largest absolute Gasteiger partial charge is 0.355 e. The minimum absolute atomic E-state index is 0.0838. The molecule has 1 N–H and O–H groups in total. The van der Waals surface area contributed by atoms with Gasteiger partial charge in [-0.15, -0.1) is 0 Å². The second kappa shape index (κ2) is 7.15. The van der Waals surface area contributed by atoms with Gasteiger partial charge in [-0.25, -0.2) is 0 Å². The first-order chi connectivity index (χ1) is 13.1. The van der Waals surface area contributed by atoms with Crippen LogP contribution in [0.1, 0.15) is 41.6 Å². The number of nitrogens with zero attached hydrogens (tertiary/aromatic N) is 1. The fraction of sp³-hybridized carbons (Fsp3) is 0.333. The van der Waals surface area contributed by atoms with Gasteiger partial charge in [0.2, 0.25) is 5.91 Å². The maximum absolute atomic E-state index is 12.7. The van der Waals surface area contributed by atoms with Crippen LogP contribution in [0.25, 0.3) is 10.9 Å². The Morgan fingerprint density at radius 3 is 2.44 bits per heavy atom. The lowest BCUT2D eigenvalue weighted by Crippen LogP contribution is -2.46. The number of pyridine rings is 1. The quantitative estimate of drug-likeness (QED) is 0.722. The molecule has 0 unspecified atom stereocenters. The summed E-state index contributed by atoms with van der Waals surface area (Å²) in [5.74, 6) is 0.0838. The van der Waals surface area contributed by atoms with E-state index in [0.29, 0.717) is 6.42 Å². The summed E-state index contributed by atoms with van der Waals surface area (Å²) in [6.45, 7) is 4.81. The minimum Gasteiger partial charge on any atom is -0.355 e. The highest BCUT2D eigenvalue weighted by Gasteiger charge is 2.38. The lowest BCUT2D eigenvalue weighted by atomic mass is 9.64. The van der Waals surface area contributed by atoms with Crippen molar-refractivity contribution in [3.05, 3.63) is 77.0 Å². The SMILES string of the molecule is Cc1nc2ccccc2c(C)c1CC(=O)NCC1(c2ccccc2)CCC1. The first-order valence-electron chi connectivity index (χ1n) is 9.76. The van der Waals surface area contributed by atoms with Crippen molar-refractivity contribution in [1.82, 2.24) is 10.3 Å². The third kappa shape index (κ3) is 3.34. The van der Waals surface area contributed by atoms with Crippen molar-refractivity contribution in [1.29, 1.82) is 0 Å². The van der Waals surface area contributed by atoms with E-state index in [-0.39, 0.29) is 11.3 Å². The van der Waals surface area contributed by atoms with Crippen molar-refractivity contribution < 1.29 is 4.79 Å². The average Bonchev–Trinajstić information content (AvgIpc) is 2.65. The van der Waals surface area contributed by atoms with E-state index in [1.807, 2.05) is 31.2 Å². The number of fused-ring (bicyclic) bond motifs is 1. The molecule has 2 aromatic carbocycles. The van der Waals surface area contributed by atoms with E-state index in [1.165, 1.54) is 12.0 Å². The minimum atomic E-state index is 0.0838. The molecular weight excluding hydrogens is 332 g/mol. The molecule has 3 nitrogen and oxygen atoms in total. The molecule has 4 rings (SSSR count). The molecule has 27 heavy (non-hydrogen) atoms. The molecule has 1 heterocycles. The molecule has 0 atom stereocenters. The second-order valence-electron chi connectivity index (χ2n) is 7.77. The molecule has 0 radical (unpaired) electrons. The second-order valence-corrected chi connectivity index (χ2v) is 7.77. The van der Waals surface area contributed by atoms with Crippen LogP contribution in [0.5, 0.6) is 0 Å². The number of rotatable bonds is 5. The molecule has 0 spiro atoms. The Hall–Kier alpha value is -2.68. The predicted octanol–water partition coefficient (Wildman–Crippen LogP) is 4.63. The van der Waals surface area contributed by atoms with Crippen molar-refractivity contribution >= 4 is 16.8 Å². The van der Waals surface area contributed by atoms with Gasteiger partial charge < -0.3 is 5.32 Å². The number of hydrogen-bond acceptors (Lipinski definition) is 2. The summed E-state index contributed by atoms with van der Waals surface area (Å²) in [4.78, 5) is 17.4. The number of aryl methyl sites for hydroxylation is 2. The number of amides is 1. The van der Waals surface area contributed by atoms with Gasteiger partial charge >= 0.3 is 0 Å². The van der Waals surface area contributed by atoms with E-state index in [9.17, 15) is 4.79 Å². The maximum Gasteiger partial charge on any atom is 0.224 e. The molecular formula is C24H26N2O. The third-order valence-electron chi connectivity index (χ3n) is 6.14. The van der Waals surface area contributed by atoms with Crippen LogP contribution in [-0.4, -0.2) is 17.4 Å². The van der Waals surface area contributed by atoms with Crippen LogP contribution in [0.2, 0.25) is 0 Å². The number of carbonyl (C=O) groups excluding carboxylic acids is 1. The molecule has 0 saturated heterocycles. The fourth-order valence-electron chi connectivity index (χ4n) is 4.28. The monoisotopic (exact) mass is 358 g/mol. The Labute approximate surface area is 160 Å². The van der Waals surface area contributed by atoms with Crippen LogP contribution in [0.4, 0.5) is 0 Å². The first kappa shape index (κ1) is 17.7. The van der Waals surface area contributed by atoms with E-state index < -0.39 is 0 Å². The normalized spacial score (nSPS) is 15.3. The summed E-state index contributed by atoms with van der Waals surface area (Å²) < 4.78 is 0. The lowest BCUT2D eigenvalue weighted by molar-refractivity contribution is -0.120. The summed E-state index contributed by atoms with van der Waals surface area (Å²) >= 11 is 0. The molecule has 1 saturated carbocycles. The topological polar surface area (TPSA) is 42.0 Å². The molecule has 1 aromatic heterocycles. The van der Waals surface area contributed by atoms with Gasteiger partial charge in [-0.3, -0.25) is 9.78 Å². The summed E-state index contributed by atoms with van der Waals surface area (Å²) in [5.41, 5.74) is 5.61. The summed E-state index contributed by atoms with van der Waals surface area (Å²) in [7, 11) is 0. The van der Waals surface area contributed by atoms with Crippen molar-refractivity contribution in [2.75, 3.05) is 6.54 Å². The number of nitrogens with one attached hydrogen (secondary N) is 1. The van der Waals surface area contributed by atoms with E-state index in [4.69, 9.17) is 4.98 Å². The highest BCUT2D eigenvalue weighted by molar-refractivity contribution is 5.86. The molecule has 3 heteroatoms. The Balaban J connectivity index is 1.49. The van der Waals surface area contributed by atoms with Gasteiger partial charge in [0, 0.05) is 23.0 Å². The number of benzene rings is 2. The highest BCUT2D eigenvalue weighted by Crippen LogP contribution is 2.43. The van der Waals surface area contributed by atoms with Crippen LogP contribution in [0.15, 0.2) is 54.6 Å². The van der Waals surface area contributed by atoms with Crippen LogP contribution >= 0.6 is 0 Å². The number of aromatic nitrogens is 1. The van der Waals surface area contributed by atoms with E-state index in [0.717, 1.165) is 47.1 Å². The van der Waals surface area contributed by atoms with Gasteiger partial charge in [-0.1, -0.05) is 55.0 Å². The smallest absolute Gasteiger partial charge is 0.224 e. The number of carbonyl (C=O) groups is 1. The molecule has 1 aliphatic carbocycles. The summed E-state index contributed by atoms with van der Waals surface area (Å²) in [6.07, 6.45) is 3.91. The van der Waals surface area contributed by atoms with Crippen molar-refractivity contribution in [3.63, 3.8) is 0 Å². The summed E-state index contributed by atoms with van der Waals surface area (Å²) in [6, 6.07) is 18.7. The van der Waals surface area contributed by atoms with Gasteiger partial charge in [0.05, 0.1) is 11.9 Å². The van der Waals surface area contributed by atoms with Crippen molar-refractivity contribution in [3.8, 4) is 0 Å². The zero-order valence-electron chi connectivity index (χ0n) is 16.1. The van der Waals surface area contributed by atoms with Crippen LogP contribution in [-0.2, 0) is 16.6 Å². The van der Waals surface area contributed by atoms with Gasteiger partial charge in [0.15, 0.2) is 0 Å². The average molecular weight is 358 g/mol. The van der Waals surface area contributed by atoms with Crippen LogP contribution < -0.4 is 5.32 Å².